The molecular weight excluding hydrogens is 236 g/mol. The van der Waals surface area contributed by atoms with Crippen LogP contribution in [0.3, 0.4) is 0 Å². The van der Waals surface area contributed by atoms with Crippen LogP contribution in [0.4, 0.5) is 0 Å². The second-order valence-electron chi connectivity index (χ2n) is 5.08. The topological polar surface area (TPSA) is 47.1 Å². The van der Waals surface area contributed by atoms with E-state index >= 15 is 0 Å². The summed E-state index contributed by atoms with van der Waals surface area (Å²) < 4.78 is 2.04. The first kappa shape index (κ1) is 13.8. The van der Waals surface area contributed by atoms with Gasteiger partial charge in [0.15, 0.2) is 0 Å². The Labute approximate surface area is 114 Å². The number of nitrogens with two attached hydrogens (primary N) is 1. The largest absolute Gasteiger partial charge is 0.337 e. The van der Waals surface area contributed by atoms with Gasteiger partial charge in [-0.15, -0.1) is 0 Å². The van der Waals surface area contributed by atoms with E-state index < -0.39 is 0 Å². The number of benzene rings is 1. The second-order valence-corrected chi connectivity index (χ2v) is 5.08. The van der Waals surface area contributed by atoms with E-state index in [0.717, 1.165) is 12.4 Å². The Bertz CT molecular complexity index is 504. The minimum absolute atomic E-state index is 0.0627. The molecule has 0 bridgehead atoms. The Kier molecular flexibility index (Phi) is 4.35. The number of rotatable bonds is 5. The van der Waals surface area contributed by atoms with Crippen LogP contribution in [0.2, 0.25) is 0 Å². The van der Waals surface area contributed by atoms with Gasteiger partial charge in [0.1, 0.15) is 5.82 Å². The molecule has 2 atom stereocenters. The SMILES string of the molecule is CC(N)C(c1ccccc1)N(C)Cc1nccn1C. The first-order valence-corrected chi connectivity index (χ1v) is 6.56. The van der Waals surface area contributed by atoms with Crippen LogP contribution < -0.4 is 5.73 Å². The Morgan fingerprint density at radius 1 is 1.32 bits per heavy atom. The first-order chi connectivity index (χ1) is 9.09. The summed E-state index contributed by atoms with van der Waals surface area (Å²) in [5, 5.41) is 0. The van der Waals surface area contributed by atoms with E-state index in [4.69, 9.17) is 5.73 Å². The van der Waals surface area contributed by atoms with E-state index in [1.165, 1.54) is 5.56 Å². The molecule has 0 saturated heterocycles. The molecule has 2 rings (SSSR count). The molecule has 0 amide bonds. The maximum atomic E-state index is 6.17. The van der Waals surface area contributed by atoms with Crippen molar-refractivity contribution >= 4 is 0 Å². The van der Waals surface area contributed by atoms with Crippen molar-refractivity contribution in [1.82, 2.24) is 14.5 Å². The summed E-state index contributed by atoms with van der Waals surface area (Å²) in [6.45, 7) is 2.83. The zero-order valence-electron chi connectivity index (χ0n) is 11.8. The molecule has 0 fully saturated rings. The molecule has 0 spiro atoms. The molecule has 4 nitrogen and oxygen atoms in total. The maximum absolute atomic E-state index is 6.17. The van der Waals surface area contributed by atoms with E-state index in [0.29, 0.717) is 0 Å². The third kappa shape index (κ3) is 3.22. The third-order valence-electron chi connectivity index (χ3n) is 3.43. The summed E-state index contributed by atoms with van der Waals surface area (Å²) in [5.41, 5.74) is 7.41. The molecular formula is C15H22N4. The fourth-order valence-corrected chi connectivity index (χ4v) is 2.48. The second kappa shape index (κ2) is 5.99. The highest BCUT2D eigenvalue weighted by molar-refractivity contribution is 5.20. The predicted molar refractivity (Wildman–Crippen MR) is 77.5 cm³/mol. The van der Waals surface area contributed by atoms with Crippen LogP contribution >= 0.6 is 0 Å². The van der Waals surface area contributed by atoms with Gasteiger partial charge in [-0.25, -0.2) is 4.98 Å². The quantitative estimate of drug-likeness (QED) is 0.891. The summed E-state index contributed by atoms with van der Waals surface area (Å²) in [6, 6.07) is 10.6. The van der Waals surface area contributed by atoms with E-state index in [2.05, 4.69) is 41.2 Å². The smallest absolute Gasteiger partial charge is 0.122 e. The van der Waals surface area contributed by atoms with Crippen molar-refractivity contribution in [2.24, 2.45) is 12.8 Å². The summed E-state index contributed by atoms with van der Waals surface area (Å²) >= 11 is 0. The minimum atomic E-state index is 0.0627. The van der Waals surface area contributed by atoms with Crippen LogP contribution in [0.25, 0.3) is 0 Å². The van der Waals surface area contributed by atoms with Crippen molar-refractivity contribution in [2.75, 3.05) is 7.05 Å². The van der Waals surface area contributed by atoms with Gasteiger partial charge < -0.3 is 10.3 Å². The summed E-state index contributed by atoms with van der Waals surface area (Å²) in [5.74, 6) is 1.05. The molecule has 4 heteroatoms. The Morgan fingerprint density at radius 2 is 2.00 bits per heavy atom. The van der Waals surface area contributed by atoms with Gasteiger partial charge in [0.25, 0.3) is 0 Å². The number of hydrogen-bond donors (Lipinski definition) is 1. The Balaban J connectivity index is 2.18. The van der Waals surface area contributed by atoms with Crippen molar-refractivity contribution in [2.45, 2.75) is 25.6 Å². The minimum Gasteiger partial charge on any atom is -0.337 e. The molecule has 2 unspecified atom stereocenters. The number of nitrogens with zero attached hydrogens (tertiary/aromatic N) is 3. The maximum Gasteiger partial charge on any atom is 0.122 e. The van der Waals surface area contributed by atoms with E-state index in [1.54, 1.807) is 0 Å². The van der Waals surface area contributed by atoms with Gasteiger partial charge in [0.05, 0.1) is 6.54 Å². The molecule has 1 aromatic heterocycles. The van der Waals surface area contributed by atoms with Gasteiger partial charge in [-0.3, -0.25) is 4.90 Å². The van der Waals surface area contributed by atoms with Crippen LogP contribution in [-0.4, -0.2) is 27.5 Å². The lowest BCUT2D eigenvalue weighted by Crippen LogP contribution is -2.37. The van der Waals surface area contributed by atoms with Gasteiger partial charge in [0.2, 0.25) is 0 Å². The molecule has 102 valence electrons. The molecule has 0 aliphatic heterocycles. The van der Waals surface area contributed by atoms with Crippen molar-refractivity contribution < 1.29 is 0 Å². The van der Waals surface area contributed by atoms with E-state index in [-0.39, 0.29) is 12.1 Å². The van der Waals surface area contributed by atoms with Crippen LogP contribution in [0.15, 0.2) is 42.7 Å². The van der Waals surface area contributed by atoms with Crippen LogP contribution in [-0.2, 0) is 13.6 Å². The number of aromatic nitrogens is 2. The number of aryl methyl sites for hydroxylation is 1. The van der Waals surface area contributed by atoms with Crippen molar-refractivity contribution in [3.05, 3.63) is 54.1 Å². The molecule has 2 aromatic rings. The summed E-state index contributed by atoms with van der Waals surface area (Å²) in [7, 11) is 4.11. The number of hydrogen-bond acceptors (Lipinski definition) is 3. The monoisotopic (exact) mass is 258 g/mol. The fraction of sp³-hybridized carbons (Fsp3) is 0.400. The number of likely N-dealkylation sites (N-methyl/N-ethyl adjacent to an activating group) is 1. The van der Waals surface area contributed by atoms with Gasteiger partial charge in [-0.05, 0) is 19.5 Å². The molecule has 0 aliphatic carbocycles. The molecule has 0 radical (unpaired) electrons. The highest BCUT2D eigenvalue weighted by atomic mass is 15.2. The van der Waals surface area contributed by atoms with Gasteiger partial charge in [-0.2, -0.15) is 0 Å². The number of imidazole rings is 1. The van der Waals surface area contributed by atoms with Crippen molar-refractivity contribution in [3.8, 4) is 0 Å². The average molecular weight is 258 g/mol. The highest BCUT2D eigenvalue weighted by Crippen LogP contribution is 2.23. The van der Waals surface area contributed by atoms with E-state index in [1.807, 2.05) is 37.0 Å². The summed E-state index contributed by atoms with van der Waals surface area (Å²) in [4.78, 5) is 6.62. The van der Waals surface area contributed by atoms with Crippen molar-refractivity contribution in [3.63, 3.8) is 0 Å². The predicted octanol–water partition coefficient (Wildman–Crippen LogP) is 1.94. The molecule has 0 saturated carbocycles. The molecule has 0 aliphatic rings. The van der Waals surface area contributed by atoms with Crippen LogP contribution in [0.1, 0.15) is 24.4 Å². The lowest BCUT2D eigenvalue weighted by Gasteiger charge is -2.31. The third-order valence-corrected chi connectivity index (χ3v) is 3.43. The Hall–Kier alpha value is -1.65. The highest BCUT2D eigenvalue weighted by Gasteiger charge is 2.21. The zero-order chi connectivity index (χ0) is 13.8. The first-order valence-electron chi connectivity index (χ1n) is 6.56. The van der Waals surface area contributed by atoms with Crippen molar-refractivity contribution in [1.29, 1.82) is 0 Å². The molecule has 1 aromatic carbocycles. The zero-order valence-corrected chi connectivity index (χ0v) is 11.8. The lowest BCUT2D eigenvalue weighted by molar-refractivity contribution is 0.204. The van der Waals surface area contributed by atoms with Gasteiger partial charge in [-0.1, -0.05) is 30.3 Å². The fourth-order valence-electron chi connectivity index (χ4n) is 2.48. The molecule has 1 heterocycles. The lowest BCUT2D eigenvalue weighted by atomic mass is 10.00. The van der Waals surface area contributed by atoms with Crippen LogP contribution in [0, 0.1) is 0 Å². The van der Waals surface area contributed by atoms with E-state index in [9.17, 15) is 0 Å². The summed E-state index contributed by atoms with van der Waals surface area (Å²) in [6.07, 6.45) is 3.79. The normalized spacial score (nSPS) is 14.6. The standard InChI is InChI=1S/C15H22N4/c1-12(16)15(13-7-5-4-6-8-13)19(3)11-14-17-9-10-18(14)2/h4-10,12,15H,11,16H2,1-3H3. The molecule has 19 heavy (non-hydrogen) atoms. The van der Waals surface area contributed by atoms with Crippen LogP contribution in [0.5, 0.6) is 0 Å². The van der Waals surface area contributed by atoms with Gasteiger partial charge >= 0.3 is 0 Å². The van der Waals surface area contributed by atoms with Gasteiger partial charge in [0, 0.05) is 31.5 Å². The Morgan fingerprint density at radius 3 is 2.53 bits per heavy atom. The average Bonchev–Trinajstić information content (AvgIpc) is 2.76. The molecule has 2 N–H and O–H groups in total.